The molecule has 0 spiro atoms. The van der Waals surface area contributed by atoms with E-state index < -0.39 is 48.1 Å². The van der Waals surface area contributed by atoms with E-state index >= 15 is 0 Å². The molecular weight excluding hydrogens is 650 g/mol. The molecule has 0 saturated carbocycles. The molecule has 0 aliphatic carbocycles. The lowest BCUT2D eigenvalue weighted by atomic mass is 10.1. The van der Waals surface area contributed by atoms with Crippen LogP contribution in [0.1, 0.15) is 10.4 Å². The van der Waals surface area contributed by atoms with Crippen molar-refractivity contribution in [3.8, 4) is 17.3 Å². The molecule has 2 fully saturated rings. The highest BCUT2D eigenvalue weighted by molar-refractivity contribution is 7.99. The standard InChI is InChI=1S/C31H36ClN5O7SSi/c1-45(40,21-6-5-11-33-15-21)36-30(39)20-9-7-19(8-10-20)26-22(32)14-23-29(35-26)37(18-41-12-13-46(2,3)4)31(34-23)44-25-17-43-27-24(38)16-42-28(25)27/h5-11,14-15,24-25,27-28,38H,1,12-13,16-18H2,2-4H3,(H,36,39,40)/t24-,25-,27-,28-,45?/m1/s1. The van der Waals surface area contributed by atoms with Crippen LogP contribution >= 0.6 is 11.6 Å². The highest BCUT2D eigenvalue weighted by Gasteiger charge is 2.49. The van der Waals surface area contributed by atoms with Gasteiger partial charge in [-0.25, -0.2) is 9.19 Å². The van der Waals surface area contributed by atoms with Crippen LogP contribution in [-0.4, -0.2) is 92.9 Å². The monoisotopic (exact) mass is 685 g/mol. The van der Waals surface area contributed by atoms with Crippen molar-refractivity contribution >= 4 is 52.3 Å². The summed E-state index contributed by atoms with van der Waals surface area (Å²) in [5.41, 5.74) is 2.42. The maximum absolute atomic E-state index is 13.0. The van der Waals surface area contributed by atoms with Gasteiger partial charge in [0.1, 0.15) is 30.6 Å². The fourth-order valence-corrected chi connectivity index (χ4v) is 7.29. The number of aliphatic hydroxyl groups excluding tert-OH is 1. The second kappa shape index (κ2) is 13.0. The summed E-state index contributed by atoms with van der Waals surface area (Å²) in [7, 11) is -4.42. The Labute approximate surface area is 273 Å². The van der Waals surface area contributed by atoms with Crippen LogP contribution in [0.2, 0.25) is 30.7 Å². The van der Waals surface area contributed by atoms with Gasteiger partial charge in [-0.1, -0.05) is 43.4 Å². The second-order valence-corrected chi connectivity index (χ2v) is 20.6. The van der Waals surface area contributed by atoms with E-state index in [2.05, 4.69) is 40.2 Å². The van der Waals surface area contributed by atoms with Crippen molar-refractivity contribution in [2.45, 2.75) is 61.7 Å². The van der Waals surface area contributed by atoms with Gasteiger partial charge in [0.15, 0.2) is 11.8 Å². The summed E-state index contributed by atoms with van der Waals surface area (Å²) in [5.74, 6) is 3.14. The lowest BCUT2D eigenvalue weighted by Gasteiger charge is -2.19. The number of aromatic nitrogens is 4. The van der Waals surface area contributed by atoms with Crippen molar-refractivity contribution in [1.29, 1.82) is 0 Å². The molecule has 5 atom stereocenters. The van der Waals surface area contributed by atoms with Crippen LogP contribution in [0.3, 0.4) is 0 Å². The normalized spacial score (nSPS) is 22.5. The Morgan fingerprint density at radius 3 is 2.65 bits per heavy atom. The fraction of sp³-hybridized carbons (Fsp3) is 0.387. The molecule has 4 aromatic rings. The highest BCUT2D eigenvalue weighted by Crippen LogP contribution is 2.34. The molecule has 3 aromatic heterocycles. The number of halogens is 1. The predicted molar refractivity (Wildman–Crippen MR) is 177 cm³/mol. The highest BCUT2D eigenvalue weighted by atomic mass is 35.5. The molecule has 1 unspecified atom stereocenters. The number of hydrogen-bond donors (Lipinski definition) is 2. The first kappa shape index (κ1) is 32.6. The zero-order valence-electron chi connectivity index (χ0n) is 25.7. The van der Waals surface area contributed by atoms with Crippen LogP contribution in [0, 0.1) is 0 Å². The topological polar surface area (TPSA) is 147 Å². The Morgan fingerprint density at radius 2 is 1.93 bits per heavy atom. The van der Waals surface area contributed by atoms with E-state index in [1.807, 2.05) is 0 Å². The van der Waals surface area contributed by atoms with E-state index in [1.54, 1.807) is 53.2 Å². The Bertz CT molecular complexity index is 1830. The first-order chi connectivity index (χ1) is 21.9. The van der Waals surface area contributed by atoms with Gasteiger partial charge in [0.05, 0.1) is 38.5 Å². The zero-order valence-corrected chi connectivity index (χ0v) is 28.3. The summed E-state index contributed by atoms with van der Waals surface area (Å²) in [6.45, 7) is 8.01. The third-order valence-electron chi connectivity index (χ3n) is 7.79. The third-order valence-corrected chi connectivity index (χ3v) is 11.3. The number of nitrogens with one attached hydrogen (secondary N) is 1. The maximum Gasteiger partial charge on any atom is 0.301 e. The third kappa shape index (κ3) is 6.98. The summed E-state index contributed by atoms with van der Waals surface area (Å²) in [6.07, 6.45) is 0.919. The summed E-state index contributed by atoms with van der Waals surface area (Å²) in [5, 5.41) is 10.5. The van der Waals surface area contributed by atoms with Crippen molar-refractivity contribution in [3.63, 3.8) is 0 Å². The molecule has 2 N–H and O–H groups in total. The minimum Gasteiger partial charge on any atom is -0.456 e. The predicted octanol–water partition coefficient (Wildman–Crippen LogP) is 3.79. The average molecular weight is 686 g/mol. The zero-order chi connectivity index (χ0) is 32.6. The maximum atomic E-state index is 13.0. The molecule has 0 bridgehead atoms. The van der Waals surface area contributed by atoms with Gasteiger partial charge < -0.3 is 24.1 Å². The van der Waals surface area contributed by atoms with Crippen LogP contribution in [0.15, 0.2) is 59.8 Å². The van der Waals surface area contributed by atoms with Crippen LogP contribution in [0.5, 0.6) is 6.01 Å². The molecule has 1 aromatic carbocycles. The first-order valence-electron chi connectivity index (χ1n) is 14.8. The van der Waals surface area contributed by atoms with Gasteiger partial charge >= 0.3 is 6.01 Å². The number of hydrogen-bond acceptors (Lipinski definition) is 10. The van der Waals surface area contributed by atoms with Gasteiger partial charge in [-0.15, -0.1) is 0 Å². The van der Waals surface area contributed by atoms with Crippen molar-refractivity contribution in [3.05, 3.63) is 65.4 Å². The number of carbonyl (C=O) groups excluding carboxylic acids is 1. The van der Waals surface area contributed by atoms with Crippen LogP contribution < -0.4 is 9.46 Å². The van der Waals surface area contributed by atoms with Gasteiger partial charge in [0.25, 0.3) is 5.91 Å². The number of amides is 1. The minimum absolute atomic E-state index is 0.149. The number of ether oxygens (including phenoxy) is 4. The number of rotatable bonds is 11. The minimum atomic E-state index is -3.09. The van der Waals surface area contributed by atoms with Crippen molar-refractivity contribution in [1.82, 2.24) is 24.2 Å². The quantitative estimate of drug-likeness (QED) is 0.136. The Morgan fingerprint density at radius 1 is 1.17 bits per heavy atom. The molecule has 0 radical (unpaired) electrons. The van der Waals surface area contributed by atoms with E-state index in [-0.39, 0.29) is 31.5 Å². The molecule has 15 heteroatoms. The number of carbonyl (C=O) groups is 1. The molecule has 1 amide bonds. The van der Waals surface area contributed by atoms with Crippen molar-refractivity contribution in [2.24, 2.45) is 0 Å². The van der Waals surface area contributed by atoms with E-state index in [4.69, 9.17) is 35.5 Å². The first-order valence-corrected chi connectivity index (χ1v) is 20.6. The van der Waals surface area contributed by atoms with Crippen LogP contribution in [-0.2, 0) is 30.6 Å². The molecule has 2 aliphatic heterocycles. The number of fused-ring (bicyclic) bond motifs is 2. The number of pyridine rings is 2. The number of imidazole rings is 1. The van der Waals surface area contributed by atoms with E-state index in [9.17, 15) is 14.1 Å². The molecule has 2 saturated heterocycles. The van der Waals surface area contributed by atoms with E-state index in [0.29, 0.717) is 38.9 Å². The van der Waals surface area contributed by atoms with Crippen molar-refractivity contribution < 1.29 is 33.1 Å². The van der Waals surface area contributed by atoms with Crippen LogP contribution in [0.4, 0.5) is 0 Å². The molecule has 12 nitrogen and oxygen atoms in total. The van der Waals surface area contributed by atoms with Crippen LogP contribution in [0.25, 0.3) is 22.4 Å². The lowest BCUT2D eigenvalue weighted by molar-refractivity contribution is 0.00336. The summed E-state index contributed by atoms with van der Waals surface area (Å²) in [4.78, 5) is 26.8. The number of nitrogens with zero attached hydrogens (tertiary/aromatic N) is 4. The number of benzene rings is 1. The van der Waals surface area contributed by atoms with Gasteiger partial charge in [-0.2, -0.15) is 4.98 Å². The van der Waals surface area contributed by atoms with Gasteiger partial charge in [0, 0.05) is 38.2 Å². The molecule has 5 heterocycles. The molecule has 2 aliphatic rings. The molecular formula is C31H36ClN5O7SSi. The number of aliphatic hydroxyl groups is 1. The summed E-state index contributed by atoms with van der Waals surface area (Å²) < 4.78 is 41.2. The SMILES string of the molecule is C=S(=O)(NC(=O)c1ccc(-c2nc3c(cc2Cl)nc(O[C@@H]2CO[C@H]4[C@@H]2OC[C@H]4O)n3COCC[Si](C)(C)C)cc1)c1cccnc1. The Kier molecular flexibility index (Phi) is 9.22. The summed E-state index contributed by atoms with van der Waals surface area (Å²) in [6, 6.07) is 12.8. The van der Waals surface area contributed by atoms with E-state index in [1.165, 1.54) is 6.20 Å². The summed E-state index contributed by atoms with van der Waals surface area (Å²) >= 11 is 6.71. The second-order valence-electron chi connectivity index (χ2n) is 12.5. The average Bonchev–Trinajstić information content (AvgIpc) is 3.69. The molecule has 244 valence electrons. The largest absolute Gasteiger partial charge is 0.456 e. The van der Waals surface area contributed by atoms with Gasteiger partial charge in [-0.05, 0) is 42.2 Å². The Balaban J connectivity index is 1.27. The lowest BCUT2D eigenvalue weighted by Crippen LogP contribution is -2.35. The molecule has 6 rings (SSSR count). The smallest absolute Gasteiger partial charge is 0.301 e. The van der Waals surface area contributed by atoms with Gasteiger partial charge in [-0.3, -0.25) is 19.1 Å². The van der Waals surface area contributed by atoms with Crippen molar-refractivity contribution in [2.75, 3.05) is 19.8 Å². The molecule has 46 heavy (non-hydrogen) atoms. The van der Waals surface area contributed by atoms with E-state index in [0.717, 1.165) is 6.04 Å². The van der Waals surface area contributed by atoms with Gasteiger partial charge in [0.2, 0.25) is 0 Å². The fourth-order valence-electron chi connectivity index (χ4n) is 5.22. The Hall–Kier alpha value is -3.37.